The van der Waals surface area contributed by atoms with Gasteiger partial charge in [-0.05, 0) is 43.0 Å². The Morgan fingerprint density at radius 1 is 1.22 bits per heavy atom. The van der Waals surface area contributed by atoms with Crippen LogP contribution in [0.1, 0.15) is 32.1 Å². The summed E-state index contributed by atoms with van der Waals surface area (Å²) in [5, 5.41) is 11.1. The van der Waals surface area contributed by atoms with E-state index < -0.39 is 6.61 Å². The molecule has 1 aromatic heterocycles. The van der Waals surface area contributed by atoms with Crippen LogP contribution in [0.5, 0.6) is 5.75 Å². The number of aromatic nitrogens is 2. The highest BCUT2D eigenvalue weighted by atomic mass is 32.2. The van der Waals surface area contributed by atoms with Crippen LogP contribution in [0.25, 0.3) is 11.5 Å². The van der Waals surface area contributed by atoms with E-state index in [-0.39, 0.29) is 28.5 Å². The summed E-state index contributed by atoms with van der Waals surface area (Å²) in [7, 11) is 0. The second-order valence-corrected chi connectivity index (χ2v) is 7.30. The monoisotopic (exact) mass is 397 g/mol. The van der Waals surface area contributed by atoms with Gasteiger partial charge in [0.15, 0.2) is 0 Å². The number of nitrogens with zero attached hydrogens (tertiary/aromatic N) is 2. The molecule has 0 spiro atoms. The molecule has 0 saturated heterocycles. The average Bonchev–Trinajstić information content (AvgIpc) is 3.15. The quantitative estimate of drug-likeness (QED) is 0.675. The Bertz CT molecular complexity index is 734. The zero-order valence-corrected chi connectivity index (χ0v) is 15.5. The molecule has 6 nitrogen and oxygen atoms in total. The molecule has 0 atom stereocenters. The van der Waals surface area contributed by atoms with E-state index in [2.05, 4.69) is 20.3 Å². The summed E-state index contributed by atoms with van der Waals surface area (Å²) >= 11 is 1.17. The molecule has 1 heterocycles. The summed E-state index contributed by atoms with van der Waals surface area (Å²) in [5.74, 6) is 1.04. The summed E-state index contributed by atoms with van der Waals surface area (Å²) in [6, 6.07) is 5.90. The van der Waals surface area contributed by atoms with Crippen molar-refractivity contribution in [3.8, 4) is 17.2 Å². The minimum atomic E-state index is -2.87. The highest BCUT2D eigenvalue weighted by Crippen LogP contribution is 2.26. The third kappa shape index (κ3) is 6.20. The fourth-order valence-electron chi connectivity index (χ4n) is 2.99. The first-order valence-electron chi connectivity index (χ1n) is 8.88. The molecule has 9 heteroatoms. The van der Waals surface area contributed by atoms with Gasteiger partial charge in [0.2, 0.25) is 11.8 Å². The smallest absolute Gasteiger partial charge is 0.387 e. The van der Waals surface area contributed by atoms with Crippen molar-refractivity contribution < 1.29 is 22.7 Å². The summed E-state index contributed by atoms with van der Waals surface area (Å²) in [6.45, 7) is -2.15. The Balaban J connectivity index is 1.45. The van der Waals surface area contributed by atoms with E-state index in [1.54, 1.807) is 12.1 Å². The largest absolute Gasteiger partial charge is 0.435 e. The topological polar surface area (TPSA) is 77.2 Å². The van der Waals surface area contributed by atoms with Crippen molar-refractivity contribution in [3.05, 3.63) is 24.3 Å². The first-order chi connectivity index (χ1) is 13.1. The minimum Gasteiger partial charge on any atom is -0.435 e. The molecule has 1 aromatic carbocycles. The number of hydrogen-bond acceptors (Lipinski definition) is 6. The number of thioether (sulfide) groups is 1. The highest BCUT2D eigenvalue weighted by Gasteiger charge is 2.15. The predicted octanol–water partition coefficient (Wildman–Crippen LogP) is 4.13. The molecule has 1 aliphatic rings. The molecule has 1 amide bonds. The average molecular weight is 397 g/mol. The van der Waals surface area contributed by atoms with Crippen molar-refractivity contribution in [2.45, 2.75) is 43.9 Å². The van der Waals surface area contributed by atoms with Crippen LogP contribution in [-0.4, -0.2) is 35.0 Å². The van der Waals surface area contributed by atoms with Crippen molar-refractivity contribution in [2.24, 2.45) is 5.92 Å². The van der Waals surface area contributed by atoms with Crippen molar-refractivity contribution in [2.75, 3.05) is 12.3 Å². The van der Waals surface area contributed by atoms with Crippen LogP contribution in [0.3, 0.4) is 0 Å². The Morgan fingerprint density at radius 2 is 1.96 bits per heavy atom. The van der Waals surface area contributed by atoms with E-state index in [0.29, 0.717) is 11.5 Å². The van der Waals surface area contributed by atoms with E-state index >= 15 is 0 Å². The number of amides is 1. The predicted molar refractivity (Wildman–Crippen MR) is 96.7 cm³/mol. The second-order valence-electron chi connectivity index (χ2n) is 6.37. The lowest BCUT2D eigenvalue weighted by atomic mass is 9.89. The van der Waals surface area contributed by atoms with Crippen molar-refractivity contribution in [3.63, 3.8) is 0 Å². The highest BCUT2D eigenvalue weighted by molar-refractivity contribution is 7.99. The van der Waals surface area contributed by atoms with Crippen LogP contribution in [-0.2, 0) is 4.79 Å². The van der Waals surface area contributed by atoms with Crippen LogP contribution in [0, 0.1) is 5.92 Å². The van der Waals surface area contributed by atoms with Gasteiger partial charge in [-0.25, -0.2) is 0 Å². The minimum absolute atomic E-state index is 0.0532. The Kier molecular flexibility index (Phi) is 7.03. The zero-order valence-electron chi connectivity index (χ0n) is 14.7. The van der Waals surface area contributed by atoms with Crippen LogP contribution in [0.2, 0.25) is 0 Å². The molecule has 27 heavy (non-hydrogen) atoms. The van der Waals surface area contributed by atoms with Gasteiger partial charge in [0.25, 0.3) is 5.22 Å². The van der Waals surface area contributed by atoms with Crippen molar-refractivity contribution >= 4 is 17.7 Å². The third-order valence-corrected chi connectivity index (χ3v) is 5.19. The van der Waals surface area contributed by atoms with Gasteiger partial charge in [-0.15, -0.1) is 10.2 Å². The number of hydrogen-bond donors (Lipinski definition) is 1. The number of carbonyl (C=O) groups excluding carboxylic acids is 1. The van der Waals surface area contributed by atoms with E-state index in [0.717, 1.165) is 6.54 Å². The molecular formula is C18H21F2N3O3S. The number of benzene rings is 1. The molecule has 0 radical (unpaired) electrons. The van der Waals surface area contributed by atoms with Gasteiger partial charge in [0.1, 0.15) is 5.75 Å². The lowest BCUT2D eigenvalue weighted by molar-refractivity contribution is -0.118. The summed E-state index contributed by atoms with van der Waals surface area (Å²) in [5.41, 5.74) is 0.581. The normalized spacial score (nSPS) is 15.1. The molecule has 2 aromatic rings. The Labute approximate surface area is 160 Å². The summed E-state index contributed by atoms with van der Waals surface area (Å²) in [4.78, 5) is 12.0. The Morgan fingerprint density at radius 3 is 2.67 bits per heavy atom. The molecule has 1 fully saturated rings. The number of alkyl halides is 2. The molecule has 1 aliphatic carbocycles. The molecule has 1 N–H and O–H groups in total. The van der Waals surface area contributed by atoms with E-state index in [1.807, 2.05) is 0 Å². The first kappa shape index (κ1) is 19.6. The van der Waals surface area contributed by atoms with Crippen LogP contribution in [0.4, 0.5) is 8.78 Å². The van der Waals surface area contributed by atoms with Crippen LogP contribution < -0.4 is 10.1 Å². The van der Waals surface area contributed by atoms with Gasteiger partial charge in [-0.1, -0.05) is 31.0 Å². The van der Waals surface area contributed by atoms with Gasteiger partial charge < -0.3 is 14.5 Å². The van der Waals surface area contributed by atoms with Gasteiger partial charge in [0.05, 0.1) is 5.75 Å². The van der Waals surface area contributed by atoms with Crippen LogP contribution >= 0.6 is 11.8 Å². The summed E-state index contributed by atoms with van der Waals surface area (Å²) in [6.07, 6.45) is 6.15. The molecule has 0 unspecified atom stereocenters. The summed E-state index contributed by atoms with van der Waals surface area (Å²) < 4.78 is 34.1. The third-order valence-electron chi connectivity index (χ3n) is 4.37. The van der Waals surface area contributed by atoms with Crippen LogP contribution in [0.15, 0.2) is 33.9 Å². The fraction of sp³-hybridized carbons (Fsp3) is 0.500. The fourth-order valence-corrected chi connectivity index (χ4v) is 3.58. The second kappa shape index (κ2) is 9.68. The molecule has 146 valence electrons. The van der Waals surface area contributed by atoms with Crippen molar-refractivity contribution in [1.29, 1.82) is 0 Å². The number of carbonyl (C=O) groups is 1. The number of halogens is 2. The standard InChI is InChI=1S/C18H21F2N3O3S/c19-17(20)25-14-8-6-13(7-9-14)16-22-23-18(26-16)27-11-15(24)21-10-12-4-2-1-3-5-12/h6-9,12,17H,1-5,10-11H2,(H,21,24). The number of ether oxygens (including phenoxy) is 1. The molecule has 1 saturated carbocycles. The van der Waals surface area contributed by atoms with E-state index in [9.17, 15) is 13.6 Å². The first-order valence-corrected chi connectivity index (χ1v) is 9.87. The maximum Gasteiger partial charge on any atom is 0.387 e. The lowest BCUT2D eigenvalue weighted by Crippen LogP contribution is -2.31. The SMILES string of the molecule is O=C(CSc1nnc(-c2ccc(OC(F)F)cc2)o1)NCC1CCCCC1. The number of nitrogens with one attached hydrogen (secondary N) is 1. The lowest BCUT2D eigenvalue weighted by Gasteiger charge is -2.21. The molecule has 0 bridgehead atoms. The molecule has 3 rings (SSSR count). The van der Waals surface area contributed by atoms with Gasteiger partial charge in [-0.2, -0.15) is 8.78 Å². The van der Waals surface area contributed by atoms with Gasteiger partial charge in [0, 0.05) is 12.1 Å². The number of rotatable bonds is 8. The molecule has 0 aliphatic heterocycles. The van der Waals surface area contributed by atoms with E-state index in [1.165, 1.54) is 56.0 Å². The van der Waals surface area contributed by atoms with E-state index in [4.69, 9.17) is 4.42 Å². The zero-order chi connectivity index (χ0) is 19.1. The van der Waals surface area contributed by atoms with Crippen molar-refractivity contribution in [1.82, 2.24) is 15.5 Å². The maximum absolute atomic E-state index is 12.2. The van der Waals surface area contributed by atoms with Gasteiger partial charge >= 0.3 is 6.61 Å². The molecular weight excluding hydrogens is 376 g/mol. The van der Waals surface area contributed by atoms with Gasteiger partial charge in [-0.3, -0.25) is 4.79 Å². The maximum atomic E-state index is 12.2. The Hall–Kier alpha value is -2.16.